The van der Waals surface area contributed by atoms with Crippen molar-refractivity contribution in [2.75, 3.05) is 40.3 Å². The molecular weight excluding hydrogens is 521 g/mol. The number of piperazine rings is 1. The highest BCUT2D eigenvalue weighted by atomic mass is 127. The Kier molecular flexibility index (Phi) is 9.34. The van der Waals surface area contributed by atoms with Crippen molar-refractivity contribution in [3.05, 3.63) is 52.2 Å². The van der Waals surface area contributed by atoms with Gasteiger partial charge in [0.15, 0.2) is 5.96 Å². The molecule has 29 heavy (non-hydrogen) atoms. The van der Waals surface area contributed by atoms with Crippen LogP contribution in [0.25, 0.3) is 0 Å². The molecule has 3 rings (SSSR count). The first-order valence-corrected chi connectivity index (χ1v) is 11.6. The summed E-state index contributed by atoms with van der Waals surface area (Å²) in [7, 11) is 0.204. The Labute approximate surface area is 194 Å². The minimum atomic E-state index is -3.51. The largest absolute Gasteiger partial charge is 0.352 e. The molecule has 0 spiro atoms. The number of thiophene rings is 1. The molecule has 2 N–H and O–H groups in total. The summed E-state index contributed by atoms with van der Waals surface area (Å²) >= 11 is 1.65. The number of benzene rings is 1. The van der Waals surface area contributed by atoms with Gasteiger partial charge in [-0.3, -0.25) is 4.99 Å². The minimum Gasteiger partial charge on any atom is -0.352 e. The van der Waals surface area contributed by atoms with Gasteiger partial charge < -0.3 is 15.5 Å². The molecule has 160 valence electrons. The number of halogens is 1. The summed E-state index contributed by atoms with van der Waals surface area (Å²) in [5.74, 6) is 0.637. The third kappa shape index (κ3) is 6.38. The summed E-state index contributed by atoms with van der Waals surface area (Å²) in [5, 5.41) is 10.6. The molecule has 0 atom stereocenters. The molecule has 1 aliphatic rings. The van der Waals surface area contributed by atoms with E-state index in [0.29, 0.717) is 37.0 Å². The molecule has 1 fully saturated rings. The highest BCUT2D eigenvalue weighted by molar-refractivity contribution is 14.0. The normalized spacial score (nSPS) is 16.3. The van der Waals surface area contributed by atoms with Crippen molar-refractivity contribution in [3.8, 4) is 0 Å². The summed E-state index contributed by atoms with van der Waals surface area (Å²) in [6, 6.07) is 9.23. The maximum Gasteiger partial charge on any atom is 0.243 e. The van der Waals surface area contributed by atoms with Gasteiger partial charge in [-0.2, -0.15) is 15.6 Å². The molecule has 7 nitrogen and oxygen atoms in total. The first-order chi connectivity index (χ1) is 13.5. The van der Waals surface area contributed by atoms with Crippen molar-refractivity contribution in [1.82, 2.24) is 19.8 Å². The average molecular weight is 550 g/mol. The second-order valence-electron chi connectivity index (χ2n) is 6.73. The summed E-state index contributed by atoms with van der Waals surface area (Å²) in [6.07, 6.45) is 0. The SMILES string of the molecule is CN=C(NCc1ccsc1)NCc1ccccc1S(=O)(=O)N1CCN(C)CC1.I. The van der Waals surface area contributed by atoms with Gasteiger partial charge >= 0.3 is 0 Å². The standard InChI is InChI=1S/C19H27N5O2S2.HI/c1-20-19(21-13-16-7-12-27-15-16)22-14-17-5-3-4-6-18(17)28(25,26)24-10-8-23(2)9-11-24;/h3-7,12,15H,8-11,13-14H2,1-2H3,(H2,20,21,22);1H. The van der Waals surface area contributed by atoms with Crippen LogP contribution in [0.1, 0.15) is 11.1 Å². The van der Waals surface area contributed by atoms with E-state index in [-0.39, 0.29) is 24.0 Å². The Balaban J connectivity index is 0.00000300. The molecule has 1 aromatic carbocycles. The van der Waals surface area contributed by atoms with Crippen molar-refractivity contribution in [2.45, 2.75) is 18.0 Å². The van der Waals surface area contributed by atoms with Crippen LogP contribution in [0.15, 0.2) is 51.0 Å². The molecule has 1 aromatic heterocycles. The molecule has 0 bridgehead atoms. The van der Waals surface area contributed by atoms with Crippen LogP contribution in [-0.4, -0.2) is 63.9 Å². The molecular formula is C19H28IN5O2S2. The number of guanidine groups is 1. The Hall–Kier alpha value is -1.21. The summed E-state index contributed by atoms with van der Waals surface area (Å²) in [5.41, 5.74) is 1.92. The smallest absolute Gasteiger partial charge is 0.243 e. The number of nitrogens with zero attached hydrogens (tertiary/aromatic N) is 3. The third-order valence-electron chi connectivity index (χ3n) is 4.76. The van der Waals surface area contributed by atoms with Gasteiger partial charge in [0.2, 0.25) is 10.0 Å². The van der Waals surface area contributed by atoms with E-state index in [1.54, 1.807) is 34.8 Å². The Morgan fingerprint density at radius 1 is 1.10 bits per heavy atom. The van der Waals surface area contributed by atoms with E-state index in [1.165, 1.54) is 5.56 Å². The lowest BCUT2D eigenvalue weighted by molar-refractivity contribution is 0.222. The number of hydrogen-bond donors (Lipinski definition) is 2. The lowest BCUT2D eigenvalue weighted by atomic mass is 10.2. The van der Waals surface area contributed by atoms with E-state index in [4.69, 9.17) is 0 Å². The Morgan fingerprint density at radius 2 is 1.79 bits per heavy atom. The second kappa shape index (κ2) is 11.3. The molecule has 0 unspecified atom stereocenters. The zero-order chi connectivity index (χ0) is 20.0. The van der Waals surface area contributed by atoms with Crippen LogP contribution in [0.2, 0.25) is 0 Å². The van der Waals surface area contributed by atoms with Gasteiger partial charge in [-0.1, -0.05) is 18.2 Å². The monoisotopic (exact) mass is 549 g/mol. The Bertz CT molecular complexity index is 895. The second-order valence-corrected chi connectivity index (χ2v) is 9.41. The Morgan fingerprint density at radius 3 is 2.45 bits per heavy atom. The zero-order valence-corrected chi connectivity index (χ0v) is 20.6. The van der Waals surface area contributed by atoms with Crippen LogP contribution in [0.4, 0.5) is 0 Å². The lowest BCUT2D eigenvalue weighted by Gasteiger charge is -2.32. The van der Waals surface area contributed by atoms with E-state index in [9.17, 15) is 8.42 Å². The van der Waals surface area contributed by atoms with Crippen LogP contribution >= 0.6 is 35.3 Å². The van der Waals surface area contributed by atoms with Crippen LogP contribution in [-0.2, 0) is 23.1 Å². The minimum absolute atomic E-state index is 0. The van der Waals surface area contributed by atoms with Crippen molar-refractivity contribution in [2.24, 2.45) is 4.99 Å². The number of likely N-dealkylation sites (N-methyl/N-ethyl adjacent to an activating group) is 1. The first kappa shape index (κ1) is 24.1. The molecule has 1 saturated heterocycles. The third-order valence-corrected chi connectivity index (χ3v) is 7.49. The molecule has 0 aliphatic carbocycles. The lowest BCUT2D eigenvalue weighted by Crippen LogP contribution is -2.47. The number of hydrogen-bond acceptors (Lipinski definition) is 5. The van der Waals surface area contributed by atoms with Gasteiger partial charge in [0, 0.05) is 46.3 Å². The molecule has 0 radical (unpaired) electrons. The van der Waals surface area contributed by atoms with Crippen molar-refractivity contribution in [3.63, 3.8) is 0 Å². The van der Waals surface area contributed by atoms with Gasteiger partial charge in [-0.05, 0) is 41.1 Å². The highest BCUT2D eigenvalue weighted by Gasteiger charge is 2.29. The number of rotatable bonds is 6. The van der Waals surface area contributed by atoms with E-state index < -0.39 is 10.0 Å². The van der Waals surface area contributed by atoms with Crippen molar-refractivity contribution < 1.29 is 8.42 Å². The van der Waals surface area contributed by atoms with Crippen LogP contribution in [0.3, 0.4) is 0 Å². The maximum absolute atomic E-state index is 13.1. The highest BCUT2D eigenvalue weighted by Crippen LogP contribution is 2.21. The maximum atomic E-state index is 13.1. The summed E-state index contributed by atoms with van der Waals surface area (Å²) < 4.78 is 27.9. The number of sulfonamides is 1. The average Bonchev–Trinajstić information content (AvgIpc) is 3.22. The van der Waals surface area contributed by atoms with Crippen LogP contribution < -0.4 is 10.6 Å². The predicted molar refractivity (Wildman–Crippen MR) is 129 cm³/mol. The summed E-state index contributed by atoms with van der Waals surface area (Å²) in [6.45, 7) is 3.59. The number of aliphatic imine (C=N–C) groups is 1. The fourth-order valence-corrected chi connectivity index (χ4v) is 5.36. The summed E-state index contributed by atoms with van der Waals surface area (Å²) in [4.78, 5) is 6.73. The predicted octanol–water partition coefficient (Wildman–Crippen LogP) is 2.17. The van der Waals surface area contributed by atoms with E-state index in [2.05, 4.69) is 32.0 Å². The van der Waals surface area contributed by atoms with Gasteiger partial charge in [0.05, 0.1) is 4.90 Å². The molecule has 2 aromatic rings. The molecule has 10 heteroatoms. The number of nitrogens with one attached hydrogen (secondary N) is 2. The van der Waals surface area contributed by atoms with Crippen molar-refractivity contribution in [1.29, 1.82) is 0 Å². The van der Waals surface area contributed by atoms with E-state index in [1.807, 2.05) is 24.6 Å². The van der Waals surface area contributed by atoms with Gasteiger partial charge in [0.1, 0.15) is 0 Å². The quantitative estimate of drug-likeness (QED) is 0.328. The molecule has 2 heterocycles. The van der Waals surface area contributed by atoms with E-state index >= 15 is 0 Å². The molecule has 1 aliphatic heterocycles. The van der Waals surface area contributed by atoms with Gasteiger partial charge in [0.25, 0.3) is 0 Å². The van der Waals surface area contributed by atoms with Gasteiger partial charge in [-0.25, -0.2) is 8.42 Å². The fourth-order valence-electron chi connectivity index (χ4n) is 3.05. The van der Waals surface area contributed by atoms with Crippen molar-refractivity contribution >= 4 is 51.3 Å². The first-order valence-electron chi connectivity index (χ1n) is 9.23. The van der Waals surface area contributed by atoms with Gasteiger partial charge in [-0.15, -0.1) is 24.0 Å². The molecule has 0 amide bonds. The molecule has 0 saturated carbocycles. The van der Waals surface area contributed by atoms with Crippen LogP contribution in [0, 0.1) is 0 Å². The zero-order valence-electron chi connectivity index (χ0n) is 16.7. The van der Waals surface area contributed by atoms with Crippen LogP contribution in [0.5, 0.6) is 0 Å². The fraction of sp³-hybridized carbons (Fsp3) is 0.421. The van der Waals surface area contributed by atoms with E-state index in [0.717, 1.165) is 18.7 Å². The topological polar surface area (TPSA) is 77.0 Å².